The fourth-order valence-electron chi connectivity index (χ4n) is 0.844. The fraction of sp³-hybridized carbons (Fsp3) is 0. The third-order valence-electron chi connectivity index (χ3n) is 1.27. The van der Waals surface area contributed by atoms with Crippen molar-refractivity contribution < 1.29 is 0 Å². The van der Waals surface area contributed by atoms with E-state index in [0.29, 0.717) is 14.9 Å². The Morgan fingerprint density at radius 2 is 2.08 bits per heavy atom. The van der Waals surface area contributed by atoms with Gasteiger partial charge in [0.2, 0.25) is 5.95 Å². The van der Waals surface area contributed by atoms with Gasteiger partial charge in [0.15, 0.2) is 10.3 Å². The van der Waals surface area contributed by atoms with Crippen molar-refractivity contribution >= 4 is 43.5 Å². The highest BCUT2D eigenvalue weighted by molar-refractivity contribution is 9.11. The molecule has 0 saturated heterocycles. The van der Waals surface area contributed by atoms with Crippen LogP contribution in [0.4, 0.5) is 5.95 Å². The molecule has 0 aromatic carbocycles. The van der Waals surface area contributed by atoms with Crippen molar-refractivity contribution in [3.05, 3.63) is 15.4 Å². The van der Waals surface area contributed by atoms with E-state index in [9.17, 15) is 0 Å². The number of nitrogens with two attached hydrogens (primary N) is 1. The van der Waals surface area contributed by atoms with Gasteiger partial charge in [0.1, 0.15) is 4.60 Å². The van der Waals surface area contributed by atoms with Crippen molar-refractivity contribution in [1.82, 2.24) is 19.6 Å². The molecule has 0 atom stereocenters. The van der Waals surface area contributed by atoms with Gasteiger partial charge in [-0.15, -0.1) is 5.10 Å². The first-order valence-corrected chi connectivity index (χ1v) is 4.59. The Kier molecular flexibility index (Phi) is 1.76. The maximum absolute atomic E-state index is 5.40. The average Bonchev–Trinajstić information content (AvgIpc) is 2.29. The Labute approximate surface area is 84.3 Å². The van der Waals surface area contributed by atoms with Crippen LogP contribution in [0, 0.1) is 0 Å². The van der Waals surface area contributed by atoms with E-state index in [2.05, 4.69) is 46.9 Å². The smallest absolute Gasteiger partial charge is 0.240 e. The minimum absolute atomic E-state index is 0.232. The zero-order chi connectivity index (χ0) is 8.72. The van der Waals surface area contributed by atoms with E-state index in [-0.39, 0.29) is 5.95 Å². The number of rotatable bonds is 0. The van der Waals surface area contributed by atoms with Crippen LogP contribution in [0.25, 0.3) is 5.65 Å². The molecule has 0 radical (unpaired) electrons. The number of fused-ring (bicyclic) bond motifs is 1. The second-order valence-corrected chi connectivity index (χ2v) is 3.66. The Hall–Kier alpha value is -0.690. The molecule has 0 aliphatic heterocycles. The predicted octanol–water partition coefficient (Wildman–Crippen LogP) is 1.23. The number of nitrogens with zero attached hydrogens (tertiary/aromatic N) is 4. The zero-order valence-electron chi connectivity index (χ0n) is 5.70. The van der Waals surface area contributed by atoms with Gasteiger partial charge in [-0.25, -0.2) is 9.50 Å². The molecule has 0 saturated carbocycles. The highest BCUT2D eigenvalue weighted by atomic mass is 79.9. The molecule has 0 aliphatic rings. The first-order chi connectivity index (χ1) is 5.66. The number of anilines is 1. The van der Waals surface area contributed by atoms with Crippen molar-refractivity contribution in [1.29, 1.82) is 0 Å². The van der Waals surface area contributed by atoms with Crippen molar-refractivity contribution in [2.45, 2.75) is 0 Å². The summed E-state index contributed by atoms with van der Waals surface area (Å²) in [6, 6.07) is 0. The molecule has 5 nitrogen and oxygen atoms in total. The number of aromatic nitrogens is 4. The highest BCUT2D eigenvalue weighted by Crippen LogP contribution is 2.17. The summed E-state index contributed by atoms with van der Waals surface area (Å²) in [5, 5.41) is 3.92. The number of hydrogen-bond donors (Lipinski definition) is 1. The topological polar surface area (TPSA) is 69.1 Å². The Morgan fingerprint density at radius 1 is 1.33 bits per heavy atom. The van der Waals surface area contributed by atoms with Crippen LogP contribution < -0.4 is 5.73 Å². The molecule has 2 rings (SSSR count). The summed E-state index contributed by atoms with van der Waals surface area (Å²) in [7, 11) is 0. The molecular formula is C5H3Br2N5. The molecule has 0 unspecified atom stereocenters. The van der Waals surface area contributed by atoms with Crippen molar-refractivity contribution in [3.8, 4) is 0 Å². The standard InChI is InChI=1S/C5H3Br2N5/c6-2-1-12-4(3(7)9-2)10-5(8)11-12/h1H,(H2,8,11). The van der Waals surface area contributed by atoms with Gasteiger partial charge in [-0.05, 0) is 31.9 Å². The zero-order valence-corrected chi connectivity index (χ0v) is 8.87. The fourth-order valence-corrected chi connectivity index (χ4v) is 1.91. The van der Waals surface area contributed by atoms with Crippen LogP contribution >= 0.6 is 31.9 Å². The van der Waals surface area contributed by atoms with Gasteiger partial charge in [0.25, 0.3) is 0 Å². The number of hydrogen-bond acceptors (Lipinski definition) is 4. The summed E-state index contributed by atoms with van der Waals surface area (Å²) < 4.78 is 2.84. The van der Waals surface area contributed by atoms with Gasteiger partial charge in [0.05, 0.1) is 6.20 Å². The summed E-state index contributed by atoms with van der Waals surface area (Å²) in [6.07, 6.45) is 1.68. The summed E-state index contributed by atoms with van der Waals surface area (Å²) in [5.74, 6) is 0.232. The summed E-state index contributed by atoms with van der Waals surface area (Å²) in [4.78, 5) is 8.02. The van der Waals surface area contributed by atoms with Crippen LogP contribution in [0.5, 0.6) is 0 Å². The van der Waals surface area contributed by atoms with E-state index >= 15 is 0 Å². The number of nitrogen functional groups attached to an aromatic ring is 1. The molecule has 62 valence electrons. The molecule has 2 aromatic rings. The van der Waals surface area contributed by atoms with Crippen LogP contribution in [0.15, 0.2) is 15.4 Å². The van der Waals surface area contributed by atoms with Crippen molar-refractivity contribution in [2.24, 2.45) is 0 Å². The predicted molar refractivity (Wildman–Crippen MR) is 50.6 cm³/mol. The van der Waals surface area contributed by atoms with Gasteiger partial charge in [-0.3, -0.25) is 0 Å². The van der Waals surface area contributed by atoms with Crippen LogP contribution in [0.1, 0.15) is 0 Å². The van der Waals surface area contributed by atoms with Crippen LogP contribution in [-0.4, -0.2) is 19.6 Å². The molecular weight excluding hydrogens is 290 g/mol. The van der Waals surface area contributed by atoms with Gasteiger partial charge in [0, 0.05) is 0 Å². The van der Waals surface area contributed by atoms with Gasteiger partial charge >= 0.3 is 0 Å². The third-order valence-corrected chi connectivity index (χ3v) is 2.18. The van der Waals surface area contributed by atoms with Gasteiger partial charge in [-0.1, -0.05) is 0 Å². The van der Waals surface area contributed by atoms with E-state index in [0.717, 1.165) is 0 Å². The van der Waals surface area contributed by atoms with Gasteiger partial charge < -0.3 is 5.73 Å². The lowest BCUT2D eigenvalue weighted by Crippen LogP contribution is -1.91. The first-order valence-electron chi connectivity index (χ1n) is 3.01. The molecule has 0 bridgehead atoms. The molecule has 0 fully saturated rings. The van der Waals surface area contributed by atoms with E-state index < -0.39 is 0 Å². The number of halogens is 2. The quantitative estimate of drug-likeness (QED) is 0.793. The molecule has 0 amide bonds. The maximum Gasteiger partial charge on any atom is 0.240 e. The molecule has 0 aliphatic carbocycles. The molecule has 2 heterocycles. The Balaban J connectivity index is 2.88. The second kappa shape index (κ2) is 2.67. The van der Waals surface area contributed by atoms with Crippen molar-refractivity contribution in [2.75, 3.05) is 5.73 Å². The lowest BCUT2D eigenvalue weighted by Gasteiger charge is -1.93. The minimum atomic E-state index is 0.232. The largest absolute Gasteiger partial charge is 0.366 e. The minimum Gasteiger partial charge on any atom is -0.366 e. The molecule has 0 spiro atoms. The Morgan fingerprint density at radius 3 is 2.83 bits per heavy atom. The lowest BCUT2D eigenvalue weighted by atomic mass is 10.7. The Bertz CT molecular complexity index is 437. The van der Waals surface area contributed by atoms with Gasteiger partial charge in [-0.2, -0.15) is 4.98 Å². The monoisotopic (exact) mass is 291 g/mol. The summed E-state index contributed by atoms with van der Waals surface area (Å²) in [5.41, 5.74) is 6.01. The average molecular weight is 293 g/mol. The highest BCUT2D eigenvalue weighted by Gasteiger charge is 2.05. The van der Waals surface area contributed by atoms with Crippen LogP contribution in [-0.2, 0) is 0 Å². The molecule has 2 N–H and O–H groups in total. The third kappa shape index (κ3) is 1.18. The summed E-state index contributed by atoms with van der Waals surface area (Å²) in [6.45, 7) is 0. The van der Waals surface area contributed by atoms with Crippen LogP contribution in [0.3, 0.4) is 0 Å². The second-order valence-electron chi connectivity index (χ2n) is 2.09. The molecule has 12 heavy (non-hydrogen) atoms. The normalized spacial score (nSPS) is 10.8. The maximum atomic E-state index is 5.40. The molecule has 2 aromatic heterocycles. The van der Waals surface area contributed by atoms with E-state index in [1.54, 1.807) is 10.7 Å². The van der Waals surface area contributed by atoms with Crippen molar-refractivity contribution in [3.63, 3.8) is 0 Å². The first kappa shape index (κ1) is 7.93. The van der Waals surface area contributed by atoms with E-state index in [1.165, 1.54) is 0 Å². The SMILES string of the molecule is Nc1nc2c(Br)nc(Br)cn2n1. The molecule has 7 heteroatoms. The van der Waals surface area contributed by atoms with E-state index in [1.807, 2.05) is 0 Å². The van der Waals surface area contributed by atoms with Crippen LogP contribution in [0.2, 0.25) is 0 Å². The summed E-state index contributed by atoms with van der Waals surface area (Å²) >= 11 is 6.46. The lowest BCUT2D eigenvalue weighted by molar-refractivity contribution is 0.935. The van der Waals surface area contributed by atoms with E-state index in [4.69, 9.17) is 5.73 Å².